The summed E-state index contributed by atoms with van der Waals surface area (Å²) in [7, 11) is -4.07. The normalized spacial score (nSPS) is 15.5. The fraction of sp³-hybridized carbons (Fsp3) is 0.435. The molecule has 33 heavy (non-hydrogen) atoms. The maximum atomic E-state index is 12.9. The van der Waals surface area contributed by atoms with Gasteiger partial charge in [0.05, 0.1) is 17.1 Å². The predicted molar refractivity (Wildman–Crippen MR) is 117 cm³/mol. The zero-order valence-electron chi connectivity index (χ0n) is 18.1. The van der Waals surface area contributed by atoms with Crippen LogP contribution in [0.4, 0.5) is 13.2 Å². The van der Waals surface area contributed by atoms with E-state index in [1.54, 1.807) is 4.90 Å². The molecule has 0 atom stereocenters. The van der Waals surface area contributed by atoms with Gasteiger partial charge in [-0.25, -0.2) is 8.42 Å². The second-order valence-electron chi connectivity index (χ2n) is 7.76. The van der Waals surface area contributed by atoms with Crippen molar-refractivity contribution >= 4 is 15.9 Å². The van der Waals surface area contributed by atoms with Crippen molar-refractivity contribution in [1.82, 2.24) is 9.21 Å². The number of nitrogens with zero attached hydrogens (tertiary/aromatic N) is 2. The average molecular weight is 485 g/mol. The lowest BCUT2D eigenvalue weighted by Crippen LogP contribution is -2.50. The molecular weight excluding hydrogens is 457 g/mol. The Hall–Kier alpha value is -2.43. The van der Waals surface area contributed by atoms with Gasteiger partial charge in [-0.2, -0.15) is 17.5 Å². The molecule has 0 spiro atoms. The minimum absolute atomic E-state index is 0.0396. The van der Waals surface area contributed by atoms with Crippen molar-refractivity contribution in [2.75, 3.05) is 39.4 Å². The molecule has 0 aliphatic carbocycles. The lowest BCUT2D eigenvalue weighted by molar-refractivity contribution is -0.137. The van der Waals surface area contributed by atoms with Crippen molar-refractivity contribution < 1.29 is 31.1 Å². The van der Waals surface area contributed by atoms with E-state index in [9.17, 15) is 26.4 Å². The van der Waals surface area contributed by atoms with Crippen LogP contribution in [0.3, 0.4) is 0 Å². The smallest absolute Gasteiger partial charge is 0.381 e. The van der Waals surface area contributed by atoms with Crippen LogP contribution in [0.2, 0.25) is 0 Å². The third kappa shape index (κ3) is 7.02. The summed E-state index contributed by atoms with van der Waals surface area (Å²) >= 11 is 0. The number of carbonyl (C=O) groups excluding carboxylic acids is 1. The average Bonchev–Trinajstić information content (AvgIpc) is 2.81. The Morgan fingerprint density at radius 1 is 0.939 bits per heavy atom. The number of rotatable bonds is 9. The van der Waals surface area contributed by atoms with Crippen LogP contribution in [0.15, 0.2) is 59.5 Å². The van der Waals surface area contributed by atoms with Gasteiger partial charge in [0, 0.05) is 39.2 Å². The lowest BCUT2D eigenvalue weighted by Gasteiger charge is -2.34. The molecular formula is C23H27F3N2O4S. The fourth-order valence-corrected chi connectivity index (χ4v) is 5.05. The van der Waals surface area contributed by atoms with Crippen LogP contribution in [-0.4, -0.2) is 62.9 Å². The van der Waals surface area contributed by atoms with E-state index in [4.69, 9.17) is 4.74 Å². The highest BCUT2D eigenvalue weighted by Gasteiger charge is 2.34. The lowest BCUT2D eigenvalue weighted by atomic mass is 10.2. The van der Waals surface area contributed by atoms with E-state index in [1.807, 2.05) is 30.3 Å². The summed E-state index contributed by atoms with van der Waals surface area (Å²) in [6.45, 7) is 1.51. The molecule has 180 valence electrons. The van der Waals surface area contributed by atoms with Gasteiger partial charge in [-0.3, -0.25) is 4.79 Å². The highest BCUT2D eigenvalue weighted by Crippen LogP contribution is 2.31. The van der Waals surface area contributed by atoms with Crippen LogP contribution in [-0.2, 0) is 32.2 Å². The van der Waals surface area contributed by atoms with E-state index in [-0.39, 0.29) is 32.1 Å². The largest absolute Gasteiger partial charge is 0.416 e. The predicted octanol–water partition coefficient (Wildman–Crippen LogP) is 3.58. The molecule has 1 fully saturated rings. The van der Waals surface area contributed by atoms with Crippen molar-refractivity contribution in [3.05, 3.63) is 65.7 Å². The first-order chi connectivity index (χ1) is 15.7. The van der Waals surface area contributed by atoms with Crippen LogP contribution in [0.1, 0.15) is 24.0 Å². The van der Waals surface area contributed by atoms with Crippen molar-refractivity contribution in [2.45, 2.75) is 30.3 Å². The summed E-state index contributed by atoms with van der Waals surface area (Å²) in [6, 6.07) is 13.7. The molecule has 0 N–H and O–H groups in total. The number of alkyl halides is 3. The van der Waals surface area contributed by atoms with Crippen LogP contribution >= 0.6 is 0 Å². The Morgan fingerprint density at radius 3 is 2.30 bits per heavy atom. The Morgan fingerprint density at radius 2 is 1.64 bits per heavy atom. The van der Waals surface area contributed by atoms with E-state index in [2.05, 4.69) is 0 Å². The van der Waals surface area contributed by atoms with Gasteiger partial charge < -0.3 is 9.64 Å². The summed E-state index contributed by atoms with van der Waals surface area (Å²) in [5, 5.41) is 0. The maximum Gasteiger partial charge on any atom is 0.416 e. The van der Waals surface area contributed by atoms with Crippen LogP contribution in [0, 0.1) is 0 Å². The van der Waals surface area contributed by atoms with E-state index < -0.39 is 26.7 Å². The molecule has 3 rings (SSSR count). The van der Waals surface area contributed by atoms with Gasteiger partial charge in [0.2, 0.25) is 15.9 Å². The summed E-state index contributed by atoms with van der Waals surface area (Å²) in [6.07, 6.45) is -2.96. The molecule has 2 aromatic carbocycles. The van der Waals surface area contributed by atoms with Crippen molar-refractivity contribution in [1.29, 1.82) is 0 Å². The Labute approximate surface area is 192 Å². The third-order valence-corrected chi connectivity index (χ3v) is 7.34. The first-order valence-corrected chi connectivity index (χ1v) is 12.2. The maximum absolute atomic E-state index is 12.9. The zero-order valence-corrected chi connectivity index (χ0v) is 18.9. The first kappa shape index (κ1) is 25.2. The summed E-state index contributed by atoms with van der Waals surface area (Å²) in [5.41, 5.74) is 0.176. The van der Waals surface area contributed by atoms with E-state index in [0.717, 1.165) is 28.9 Å². The molecule has 1 aliphatic heterocycles. The second-order valence-corrected chi connectivity index (χ2v) is 9.70. The molecule has 1 aliphatic rings. The van der Waals surface area contributed by atoms with E-state index in [1.165, 1.54) is 5.56 Å². The molecule has 1 amide bonds. The first-order valence-electron chi connectivity index (χ1n) is 10.7. The molecule has 0 saturated carbocycles. The van der Waals surface area contributed by atoms with Gasteiger partial charge in [0.15, 0.2) is 0 Å². The van der Waals surface area contributed by atoms with Gasteiger partial charge in [-0.05, 0) is 36.6 Å². The van der Waals surface area contributed by atoms with Crippen molar-refractivity contribution in [3.63, 3.8) is 0 Å². The minimum Gasteiger partial charge on any atom is -0.381 e. The molecule has 0 bridgehead atoms. The Balaban J connectivity index is 1.41. The van der Waals surface area contributed by atoms with Gasteiger partial charge in [0.1, 0.15) is 0 Å². The Kier molecular flexibility index (Phi) is 8.50. The standard InChI is InChI=1S/C23H27F3N2O4S/c24-23(25,26)20-8-4-9-21(18-20)33(30,31)28-14-12-27(13-15-28)22(29)10-5-16-32-17-11-19-6-2-1-3-7-19/h1-4,6-9,18H,5,10-17H2. The number of carbonyl (C=O) groups is 1. The minimum atomic E-state index is -4.62. The monoisotopic (exact) mass is 484 g/mol. The number of halogens is 3. The molecule has 10 heteroatoms. The molecule has 6 nitrogen and oxygen atoms in total. The van der Waals surface area contributed by atoms with Gasteiger partial charge >= 0.3 is 6.18 Å². The number of piperazine rings is 1. The molecule has 0 aromatic heterocycles. The summed E-state index contributed by atoms with van der Waals surface area (Å²) in [5.74, 6) is -0.0854. The molecule has 2 aromatic rings. The number of amides is 1. The Bertz CT molecular complexity index is 1020. The van der Waals surface area contributed by atoms with Gasteiger partial charge in [0.25, 0.3) is 0 Å². The van der Waals surface area contributed by atoms with E-state index >= 15 is 0 Å². The second kappa shape index (κ2) is 11.1. The van der Waals surface area contributed by atoms with Crippen LogP contribution < -0.4 is 0 Å². The number of hydrogen-bond acceptors (Lipinski definition) is 4. The number of benzene rings is 2. The fourth-order valence-electron chi connectivity index (χ4n) is 3.58. The molecule has 0 unspecified atom stereocenters. The highest BCUT2D eigenvalue weighted by molar-refractivity contribution is 7.89. The highest BCUT2D eigenvalue weighted by atomic mass is 32.2. The topological polar surface area (TPSA) is 66.9 Å². The van der Waals surface area contributed by atoms with Crippen molar-refractivity contribution in [3.8, 4) is 0 Å². The van der Waals surface area contributed by atoms with Crippen LogP contribution in [0.5, 0.6) is 0 Å². The molecule has 1 heterocycles. The SMILES string of the molecule is O=C(CCCOCCc1ccccc1)N1CCN(S(=O)(=O)c2cccc(C(F)(F)F)c2)CC1. The number of sulfonamides is 1. The van der Waals surface area contributed by atoms with Gasteiger partial charge in [-0.15, -0.1) is 0 Å². The van der Waals surface area contributed by atoms with Crippen LogP contribution in [0.25, 0.3) is 0 Å². The van der Waals surface area contributed by atoms with E-state index in [0.29, 0.717) is 32.1 Å². The summed E-state index contributed by atoms with van der Waals surface area (Å²) < 4.78 is 71.0. The number of hydrogen-bond donors (Lipinski definition) is 0. The van der Waals surface area contributed by atoms with Gasteiger partial charge in [-0.1, -0.05) is 36.4 Å². The zero-order chi connectivity index (χ0) is 23.9. The molecule has 1 saturated heterocycles. The quantitative estimate of drug-likeness (QED) is 0.511. The van der Waals surface area contributed by atoms with Crippen molar-refractivity contribution in [2.24, 2.45) is 0 Å². The third-order valence-electron chi connectivity index (χ3n) is 5.45. The molecule has 0 radical (unpaired) electrons. The summed E-state index contributed by atoms with van der Waals surface area (Å²) in [4.78, 5) is 13.6. The number of ether oxygens (including phenoxy) is 1.